The van der Waals surface area contributed by atoms with Gasteiger partial charge in [0.05, 0.1) is 11.0 Å². The normalized spacial score (nSPS) is 11.4. The number of hydrogen-bond donors (Lipinski definition) is 0. The predicted octanol–water partition coefficient (Wildman–Crippen LogP) is 2.89. The summed E-state index contributed by atoms with van der Waals surface area (Å²) in [7, 11) is 2.02. The number of rotatable bonds is 1. The van der Waals surface area contributed by atoms with E-state index in [1.54, 1.807) is 0 Å². The maximum atomic E-state index is 4.66. The fourth-order valence-corrected chi connectivity index (χ4v) is 2.42. The van der Waals surface area contributed by atoms with Gasteiger partial charge in [-0.25, -0.2) is 9.97 Å². The minimum absolute atomic E-state index is 0.893. The molecular weight excluding hydrogens is 236 g/mol. The number of nitrogens with zero attached hydrogens (tertiary/aromatic N) is 4. The molecule has 0 saturated heterocycles. The average Bonchev–Trinajstić information content (AvgIpc) is 3.00. The van der Waals surface area contributed by atoms with Crippen LogP contribution in [0.4, 0.5) is 0 Å². The van der Waals surface area contributed by atoms with Crippen LogP contribution in [-0.2, 0) is 7.05 Å². The zero-order valence-electron chi connectivity index (χ0n) is 10.5. The lowest BCUT2D eigenvalue weighted by atomic mass is 10.3. The van der Waals surface area contributed by atoms with Crippen LogP contribution in [0.15, 0.2) is 54.9 Å². The van der Waals surface area contributed by atoms with E-state index in [2.05, 4.69) is 20.6 Å². The summed E-state index contributed by atoms with van der Waals surface area (Å²) in [5.74, 6) is 0.893. The molecule has 0 bridgehead atoms. The molecule has 1 aromatic carbocycles. The monoisotopic (exact) mass is 248 g/mol. The average molecular weight is 248 g/mol. The van der Waals surface area contributed by atoms with Gasteiger partial charge in [0.25, 0.3) is 0 Å². The van der Waals surface area contributed by atoms with E-state index in [0.29, 0.717) is 0 Å². The molecule has 0 radical (unpaired) electrons. The zero-order valence-corrected chi connectivity index (χ0v) is 10.5. The van der Waals surface area contributed by atoms with Gasteiger partial charge in [0, 0.05) is 19.4 Å². The number of pyridine rings is 1. The molecule has 0 spiro atoms. The quantitative estimate of drug-likeness (QED) is 0.519. The highest BCUT2D eigenvalue weighted by Crippen LogP contribution is 2.23. The lowest BCUT2D eigenvalue weighted by Crippen LogP contribution is -1.92. The van der Waals surface area contributed by atoms with Gasteiger partial charge in [-0.05, 0) is 24.3 Å². The lowest BCUT2D eigenvalue weighted by molar-refractivity contribution is 0.953. The Hall–Kier alpha value is -2.62. The van der Waals surface area contributed by atoms with Crippen molar-refractivity contribution in [3.63, 3.8) is 0 Å². The Morgan fingerprint density at radius 2 is 1.79 bits per heavy atom. The second-order valence-corrected chi connectivity index (χ2v) is 4.58. The topological polar surface area (TPSA) is 35.1 Å². The molecule has 4 aromatic rings. The van der Waals surface area contributed by atoms with Crippen molar-refractivity contribution in [2.75, 3.05) is 0 Å². The van der Waals surface area contributed by atoms with E-state index in [4.69, 9.17) is 0 Å². The van der Waals surface area contributed by atoms with Crippen LogP contribution < -0.4 is 0 Å². The van der Waals surface area contributed by atoms with Crippen molar-refractivity contribution in [3.05, 3.63) is 54.9 Å². The van der Waals surface area contributed by atoms with E-state index in [1.165, 1.54) is 0 Å². The highest BCUT2D eigenvalue weighted by Gasteiger charge is 2.12. The second kappa shape index (κ2) is 3.68. The largest absolute Gasteiger partial charge is 0.326 e. The fraction of sp³-hybridized carbons (Fsp3) is 0.0667. The van der Waals surface area contributed by atoms with Crippen molar-refractivity contribution >= 4 is 16.7 Å². The van der Waals surface area contributed by atoms with Gasteiger partial charge in [-0.1, -0.05) is 18.2 Å². The first-order valence-corrected chi connectivity index (χ1v) is 6.18. The first kappa shape index (κ1) is 10.3. The highest BCUT2D eigenvalue weighted by molar-refractivity contribution is 5.80. The lowest BCUT2D eigenvalue weighted by Gasteiger charge is -1.97. The van der Waals surface area contributed by atoms with Crippen LogP contribution in [0.5, 0.6) is 0 Å². The molecular formula is C15H12N4. The predicted molar refractivity (Wildman–Crippen MR) is 74.9 cm³/mol. The molecule has 92 valence electrons. The van der Waals surface area contributed by atoms with Crippen LogP contribution in [0.1, 0.15) is 0 Å². The molecule has 3 heterocycles. The molecule has 19 heavy (non-hydrogen) atoms. The van der Waals surface area contributed by atoms with Gasteiger partial charge in [0.2, 0.25) is 0 Å². The number of imidazole rings is 2. The van der Waals surface area contributed by atoms with Gasteiger partial charge < -0.3 is 8.97 Å². The Labute approximate surface area is 110 Å². The number of fused-ring (bicyclic) bond motifs is 2. The Kier molecular flexibility index (Phi) is 2.00. The fourth-order valence-electron chi connectivity index (χ4n) is 2.42. The Balaban J connectivity index is 2.01. The number of hydrogen-bond acceptors (Lipinski definition) is 2. The van der Waals surface area contributed by atoms with Crippen molar-refractivity contribution in [1.82, 2.24) is 18.9 Å². The van der Waals surface area contributed by atoms with Gasteiger partial charge in [0.1, 0.15) is 11.3 Å². The van der Waals surface area contributed by atoms with Crippen LogP contribution in [0.3, 0.4) is 0 Å². The van der Waals surface area contributed by atoms with Crippen molar-refractivity contribution < 1.29 is 0 Å². The van der Waals surface area contributed by atoms with Crippen LogP contribution >= 0.6 is 0 Å². The molecule has 0 N–H and O–H groups in total. The molecule has 0 saturated carbocycles. The van der Waals surface area contributed by atoms with Gasteiger partial charge in [-0.15, -0.1) is 0 Å². The van der Waals surface area contributed by atoms with Crippen LogP contribution in [0, 0.1) is 0 Å². The number of aromatic nitrogens is 4. The summed E-state index contributed by atoms with van der Waals surface area (Å²) in [4.78, 5) is 9.28. The molecule has 3 aromatic heterocycles. The molecule has 4 nitrogen and oxygen atoms in total. The minimum Gasteiger partial charge on any atom is -0.326 e. The zero-order chi connectivity index (χ0) is 12.8. The van der Waals surface area contributed by atoms with E-state index >= 15 is 0 Å². The summed E-state index contributed by atoms with van der Waals surface area (Å²) < 4.78 is 4.09. The summed E-state index contributed by atoms with van der Waals surface area (Å²) in [5, 5.41) is 0. The maximum absolute atomic E-state index is 4.66. The Morgan fingerprint density at radius 1 is 0.947 bits per heavy atom. The van der Waals surface area contributed by atoms with E-state index in [-0.39, 0.29) is 0 Å². The number of benzene rings is 1. The SMILES string of the molecule is Cn1c(-c2cn3ccccc3n2)nc2ccccc21. The first-order chi connectivity index (χ1) is 9.33. The first-order valence-electron chi connectivity index (χ1n) is 6.18. The third kappa shape index (κ3) is 1.46. The summed E-state index contributed by atoms with van der Waals surface area (Å²) in [6.45, 7) is 0. The molecule has 0 aliphatic heterocycles. The maximum Gasteiger partial charge on any atom is 0.161 e. The summed E-state index contributed by atoms with van der Waals surface area (Å²) in [5.41, 5.74) is 3.95. The third-order valence-electron chi connectivity index (χ3n) is 3.38. The van der Waals surface area contributed by atoms with Crippen molar-refractivity contribution in [2.45, 2.75) is 0 Å². The van der Waals surface area contributed by atoms with E-state index in [1.807, 2.05) is 60.2 Å². The smallest absolute Gasteiger partial charge is 0.161 e. The van der Waals surface area contributed by atoms with E-state index in [9.17, 15) is 0 Å². The standard InChI is InChI=1S/C15H12N4/c1-18-13-7-3-2-6-11(13)17-15(18)12-10-19-9-5-4-8-14(19)16-12/h2-10H,1H3. The number of aryl methyl sites for hydroxylation is 1. The van der Waals surface area contributed by atoms with E-state index in [0.717, 1.165) is 28.2 Å². The Bertz CT molecular complexity index is 852. The van der Waals surface area contributed by atoms with Crippen LogP contribution in [0.25, 0.3) is 28.2 Å². The second-order valence-electron chi connectivity index (χ2n) is 4.58. The van der Waals surface area contributed by atoms with Gasteiger partial charge in [-0.3, -0.25) is 0 Å². The molecule has 0 amide bonds. The van der Waals surface area contributed by atoms with Crippen LogP contribution in [-0.4, -0.2) is 18.9 Å². The van der Waals surface area contributed by atoms with E-state index < -0.39 is 0 Å². The highest BCUT2D eigenvalue weighted by atomic mass is 15.1. The van der Waals surface area contributed by atoms with Crippen molar-refractivity contribution in [3.8, 4) is 11.5 Å². The molecule has 0 unspecified atom stereocenters. The molecule has 0 fully saturated rings. The molecule has 0 aliphatic carbocycles. The molecule has 4 rings (SSSR count). The number of para-hydroxylation sites is 2. The third-order valence-corrected chi connectivity index (χ3v) is 3.38. The van der Waals surface area contributed by atoms with Gasteiger partial charge >= 0.3 is 0 Å². The minimum atomic E-state index is 0.893. The van der Waals surface area contributed by atoms with Crippen molar-refractivity contribution in [2.24, 2.45) is 7.05 Å². The molecule has 0 aliphatic rings. The summed E-state index contributed by atoms with van der Waals surface area (Å²) in [6.07, 6.45) is 4.00. The Morgan fingerprint density at radius 3 is 2.63 bits per heavy atom. The molecule has 4 heteroatoms. The summed E-state index contributed by atoms with van der Waals surface area (Å²) in [6, 6.07) is 14.1. The summed E-state index contributed by atoms with van der Waals surface area (Å²) >= 11 is 0. The van der Waals surface area contributed by atoms with Gasteiger partial charge in [0.15, 0.2) is 5.82 Å². The molecule has 0 atom stereocenters. The van der Waals surface area contributed by atoms with Crippen molar-refractivity contribution in [1.29, 1.82) is 0 Å². The van der Waals surface area contributed by atoms with Crippen LogP contribution in [0.2, 0.25) is 0 Å². The van der Waals surface area contributed by atoms with Gasteiger partial charge in [-0.2, -0.15) is 0 Å².